The van der Waals surface area contributed by atoms with Crippen molar-refractivity contribution < 1.29 is 14.6 Å². The molecule has 2 N–H and O–H groups in total. The Labute approximate surface area is 167 Å². The third-order valence-electron chi connectivity index (χ3n) is 4.35. The van der Waals surface area contributed by atoms with Gasteiger partial charge in [0.15, 0.2) is 11.5 Å². The summed E-state index contributed by atoms with van der Waals surface area (Å²) in [5, 5.41) is 13.8. The lowest BCUT2D eigenvalue weighted by Gasteiger charge is -2.17. The van der Waals surface area contributed by atoms with Crippen LogP contribution in [0.2, 0.25) is 0 Å². The molecule has 0 saturated carbocycles. The van der Waals surface area contributed by atoms with Gasteiger partial charge in [0, 0.05) is 34.4 Å². The van der Waals surface area contributed by atoms with Crippen LogP contribution in [0.5, 0.6) is 11.5 Å². The summed E-state index contributed by atoms with van der Waals surface area (Å²) in [4.78, 5) is 14.6. The summed E-state index contributed by atoms with van der Waals surface area (Å²) in [5.41, 5.74) is 4.90. The second-order valence-corrected chi connectivity index (χ2v) is 7.07. The molecule has 0 unspecified atom stereocenters. The molecule has 1 saturated heterocycles. The zero-order valence-electron chi connectivity index (χ0n) is 15.1. The first-order valence-electron chi connectivity index (χ1n) is 8.92. The highest BCUT2D eigenvalue weighted by atomic mass is 79.9. The van der Waals surface area contributed by atoms with E-state index >= 15 is 0 Å². The average molecular weight is 432 g/mol. The van der Waals surface area contributed by atoms with Gasteiger partial charge < -0.3 is 14.7 Å². The maximum Gasteiger partial charge on any atom is 0.271 e. The van der Waals surface area contributed by atoms with Gasteiger partial charge in [0.1, 0.15) is 0 Å². The number of rotatable bonds is 6. The first kappa shape index (κ1) is 19.2. The summed E-state index contributed by atoms with van der Waals surface area (Å²) in [6, 6.07) is 10.7. The zero-order chi connectivity index (χ0) is 19.2. The van der Waals surface area contributed by atoms with Crippen LogP contribution >= 0.6 is 15.9 Å². The summed E-state index contributed by atoms with van der Waals surface area (Å²) in [6.45, 7) is 4.42. The van der Waals surface area contributed by atoms with Crippen molar-refractivity contribution in [2.24, 2.45) is 5.10 Å². The number of nitrogens with zero attached hydrogens (tertiary/aromatic N) is 2. The Morgan fingerprint density at radius 1 is 1.30 bits per heavy atom. The van der Waals surface area contributed by atoms with E-state index in [1.54, 1.807) is 6.07 Å². The molecular formula is C20H22BrN3O3. The standard InChI is InChI=1S/C20H22BrN3O3/c1-2-27-19-11-15(17(21)12-18(19)25)13-22-23-20(26)14-5-7-16(8-6-14)24-9-3-4-10-24/h5-8,11-13,25H,2-4,9-10H2,1H3,(H,23,26)/b22-13-. The minimum absolute atomic E-state index is 0.0444. The van der Waals surface area contributed by atoms with Crippen LogP contribution in [0, 0.1) is 0 Å². The van der Waals surface area contributed by atoms with Crippen molar-refractivity contribution >= 4 is 33.7 Å². The summed E-state index contributed by atoms with van der Waals surface area (Å²) in [6.07, 6.45) is 3.94. The molecule has 0 spiro atoms. The van der Waals surface area contributed by atoms with E-state index in [1.807, 2.05) is 31.2 Å². The molecule has 1 fully saturated rings. The van der Waals surface area contributed by atoms with E-state index in [2.05, 4.69) is 31.4 Å². The van der Waals surface area contributed by atoms with Gasteiger partial charge in [-0.25, -0.2) is 5.43 Å². The van der Waals surface area contributed by atoms with Crippen molar-refractivity contribution in [2.45, 2.75) is 19.8 Å². The molecule has 0 bridgehead atoms. The fourth-order valence-electron chi connectivity index (χ4n) is 2.95. The lowest BCUT2D eigenvalue weighted by molar-refractivity contribution is 0.0955. The Kier molecular flexibility index (Phi) is 6.34. The molecule has 1 amide bonds. The number of anilines is 1. The monoisotopic (exact) mass is 431 g/mol. The molecule has 1 aliphatic heterocycles. The van der Waals surface area contributed by atoms with Crippen LogP contribution < -0.4 is 15.1 Å². The summed E-state index contributed by atoms with van der Waals surface area (Å²) in [5.74, 6) is 0.133. The Hall–Kier alpha value is -2.54. The Morgan fingerprint density at radius 3 is 2.67 bits per heavy atom. The predicted molar refractivity (Wildman–Crippen MR) is 110 cm³/mol. The number of amides is 1. The van der Waals surface area contributed by atoms with Crippen LogP contribution in [0.15, 0.2) is 46.0 Å². The second-order valence-electron chi connectivity index (χ2n) is 6.21. The van der Waals surface area contributed by atoms with Crippen LogP contribution in [0.1, 0.15) is 35.7 Å². The molecule has 2 aromatic rings. The number of phenols is 1. The van der Waals surface area contributed by atoms with E-state index in [1.165, 1.54) is 25.1 Å². The van der Waals surface area contributed by atoms with Gasteiger partial charge in [-0.1, -0.05) is 0 Å². The molecule has 0 aliphatic carbocycles. The van der Waals surface area contributed by atoms with E-state index < -0.39 is 0 Å². The molecule has 3 rings (SSSR count). The third-order valence-corrected chi connectivity index (χ3v) is 5.04. The van der Waals surface area contributed by atoms with Crippen LogP contribution in [0.25, 0.3) is 0 Å². The van der Waals surface area contributed by atoms with E-state index in [0.29, 0.717) is 28.0 Å². The highest BCUT2D eigenvalue weighted by molar-refractivity contribution is 9.10. The molecule has 2 aromatic carbocycles. The molecule has 1 heterocycles. The van der Waals surface area contributed by atoms with Gasteiger partial charge in [-0.2, -0.15) is 5.10 Å². The maximum absolute atomic E-state index is 12.3. The number of phenolic OH excluding ortho intramolecular Hbond substituents is 1. The smallest absolute Gasteiger partial charge is 0.271 e. The number of hydrogen-bond acceptors (Lipinski definition) is 5. The summed E-state index contributed by atoms with van der Waals surface area (Å²) in [7, 11) is 0. The number of carbonyl (C=O) groups excluding carboxylic acids is 1. The second kappa shape index (κ2) is 8.90. The molecule has 0 radical (unpaired) electrons. The summed E-state index contributed by atoms with van der Waals surface area (Å²) >= 11 is 3.36. The van der Waals surface area contributed by atoms with Crippen molar-refractivity contribution in [1.29, 1.82) is 0 Å². The fourth-order valence-corrected chi connectivity index (χ4v) is 3.39. The summed E-state index contributed by atoms with van der Waals surface area (Å²) < 4.78 is 6.01. The zero-order valence-corrected chi connectivity index (χ0v) is 16.7. The quantitative estimate of drug-likeness (QED) is 0.536. The van der Waals surface area contributed by atoms with Crippen LogP contribution in [-0.2, 0) is 0 Å². The highest BCUT2D eigenvalue weighted by Crippen LogP contribution is 2.31. The minimum Gasteiger partial charge on any atom is -0.504 e. The molecular weight excluding hydrogens is 410 g/mol. The van der Waals surface area contributed by atoms with Gasteiger partial charge in [0.05, 0.1) is 12.8 Å². The van der Waals surface area contributed by atoms with Crippen molar-refractivity contribution in [3.05, 3.63) is 52.0 Å². The first-order chi connectivity index (χ1) is 13.1. The van der Waals surface area contributed by atoms with Crippen molar-refractivity contribution in [2.75, 3.05) is 24.6 Å². The van der Waals surface area contributed by atoms with E-state index in [-0.39, 0.29) is 11.7 Å². The molecule has 27 heavy (non-hydrogen) atoms. The van der Waals surface area contributed by atoms with E-state index in [0.717, 1.165) is 18.8 Å². The van der Waals surface area contributed by atoms with E-state index in [9.17, 15) is 9.90 Å². The largest absolute Gasteiger partial charge is 0.504 e. The lowest BCUT2D eigenvalue weighted by Crippen LogP contribution is -2.19. The fraction of sp³-hybridized carbons (Fsp3) is 0.300. The number of ether oxygens (including phenoxy) is 1. The molecule has 6 nitrogen and oxygen atoms in total. The number of benzene rings is 2. The lowest BCUT2D eigenvalue weighted by atomic mass is 10.2. The number of carbonyl (C=O) groups is 1. The van der Waals surface area contributed by atoms with Crippen molar-refractivity contribution in [3.63, 3.8) is 0 Å². The molecule has 7 heteroatoms. The van der Waals surface area contributed by atoms with Gasteiger partial charge in [-0.3, -0.25) is 4.79 Å². The van der Waals surface area contributed by atoms with Crippen molar-refractivity contribution in [1.82, 2.24) is 5.43 Å². The normalized spacial score (nSPS) is 13.9. The topological polar surface area (TPSA) is 74.2 Å². The highest BCUT2D eigenvalue weighted by Gasteiger charge is 2.13. The number of hydrazone groups is 1. The number of aromatic hydroxyl groups is 1. The van der Waals surface area contributed by atoms with Gasteiger partial charge >= 0.3 is 0 Å². The van der Waals surface area contributed by atoms with Crippen LogP contribution in [-0.4, -0.2) is 36.9 Å². The van der Waals surface area contributed by atoms with Crippen molar-refractivity contribution in [3.8, 4) is 11.5 Å². The number of halogens is 1. The average Bonchev–Trinajstić information content (AvgIpc) is 3.20. The minimum atomic E-state index is -0.279. The molecule has 0 aromatic heterocycles. The van der Waals surface area contributed by atoms with E-state index in [4.69, 9.17) is 4.74 Å². The third kappa shape index (κ3) is 4.80. The number of nitrogens with one attached hydrogen (secondary N) is 1. The SMILES string of the molecule is CCOc1cc(/C=N\NC(=O)c2ccc(N3CCCC3)cc2)c(Br)cc1O. The molecule has 0 atom stereocenters. The Bertz CT molecular complexity index is 831. The number of hydrogen-bond donors (Lipinski definition) is 2. The van der Waals surface area contributed by atoms with Gasteiger partial charge in [0.25, 0.3) is 5.91 Å². The maximum atomic E-state index is 12.3. The van der Waals surface area contributed by atoms with Gasteiger partial charge in [-0.15, -0.1) is 0 Å². The Balaban J connectivity index is 1.64. The van der Waals surface area contributed by atoms with Crippen LogP contribution in [0.3, 0.4) is 0 Å². The molecule has 142 valence electrons. The van der Waals surface area contributed by atoms with Gasteiger partial charge in [0.2, 0.25) is 0 Å². The Morgan fingerprint density at radius 2 is 2.00 bits per heavy atom. The molecule has 1 aliphatic rings. The van der Waals surface area contributed by atoms with Gasteiger partial charge in [-0.05, 0) is 72.1 Å². The predicted octanol–water partition coefficient (Wildman–Crippen LogP) is 3.92. The first-order valence-corrected chi connectivity index (χ1v) is 9.71. The van der Waals surface area contributed by atoms with Crippen LogP contribution in [0.4, 0.5) is 5.69 Å².